The fourth-order valence-electron chi connectivity index (χ4n) is 4.62. The van der Waals surface area contributed by atoms with E-state index in [-0.39, 0.29) is 12.5 Å². The highest BCUT2D eigenvalue weighted by Gasteiger charge is 2.22. The lowest BCUT2D eigenvalue weighted by Crippen LogP contribution is -2.33. The van der Waals surface area contributed by atoms with Gasteiger partial charge in [0.15, 0.2) is 5.82 Å². The number of carbonyl (C=O) groups excluding carboxylic acids is 1. The van der Waals surface area contributed by atoms with Crippen molar-refractivity contribution in [1.82, 2.24) is 14.9 Å². The standard InChI is InChI=1S/C30H38N6O4/c1-3-35(4-2)29-32-21-26(31-17-16-22-10-6-5-7-11-22)27(34-29)33-25(28(37)38)20-23-12-14-24(15-13-23)40-30(39)36-18-8-9-19-36/h5-7,10-15,21,25,31H,3-4,8-9,16-20H2,1-2H3,(H,37,38)(H,32,33,34)/t25-/m0/s1. The maximum absolute atomic E-state index is 12.3. The van der Waals surface area contributed by atoms with Crippen molar-refractivity contribution < 1.29 is 19.4 Å². The Balaban J connectivity index is 1.46. The molecular weight excluding hydrogens is 508 g/mol. The normalized spacial score (nSPS) is 13.5. The summed E-state index contributed by atoms with van der Waals surface area (Å²) in [6.45, 7) is 7.58. The van der Waals surface area contributed by atoms with Gasteiger partial charge in [-0.25, -0.2) is 14.6 Å². The van der Waals surface area contributed by atoms with Crippen LogP contribution in [0.25, 0.3) is 0 Å². The summed E-state index contributed by atoms with van der Waals surface area (Å²) in [5, 5.41) is 16.6. The summed E-state index contributed by atoms with van der Waals surface area (Å²) in [6.07, 6.45) is 4.35. The lowest BCUT2D eigenvalue weighted by Gasteiger charge is -2.22. The zero-order chi connectivity index (χ0) is 28.3. The number of carbonyl (C=O) groups is 2. The van der Waals surface area contributed by atoms with Crippen LogP contribution in [-0.4, -0.2) is 70.8 Å². The highest BCUT2D eigenvalue weighted by molar-refractivity contribution is 5.79. The largest absolute Gasteiger partial charge is 0.480 e. The molecule has 212 valence electrons. The maximum Gasteiger partial charge on any atom is 0.415 e. The number of hydrogen-bond acceptors (Lipinski definition) is 8. The lowest BCUT2D eigenvalue weighted by atomic mass is 10.1. The summed E-state index contributed by atoms with van der Waals surface area (Å²) in [7, 11) is 0. The van der Waals surface area contributed by atoms with Crippen LogP contribution in [0.1, 0.15) is 37.8 Å². The third-order valence-corrected chi connectivity index (χ3v) is 6.94. The summed E-state index contributed by atoms with van der Waals surface area (Å²) < 4.78 is 5.47. The molecule has 1 amide bonds. The van der Waals surface area contributed by atoms with E-state index in [0.29, 0.717) is 42.8 Å². The van der Waals surface area contributed by atoms with Crippen LogP contribution in [0, 0.1) is 0 Å². The van der Waals surface area contributed by atoms with Gasteiger partial charge in [-0.15, -0.1) is 0 Å². The Morgan fingerprint density at radius 3 is 2.38 bits per heavy atom. The maximum atomic E-state index is 12.3. The average Bonchev–Trinajstić information content (AvgIpc) is 3.51. The van der Waals surface area contributed by atoms with Gasteiger partial charge < -0.3 is 30.3 Å². The molecule has 0 saturated carbocycles. The number of hydrogen-bond donors (Lipinski definition) is 3. The van der Waals surface area contributed by atoms with Crippen molar-refractivity contribution in [2.24, 2.45) is 0 Å². The number of nitrogens with zero attached hydrogens (tertiary/aromatic N) is 4. The number of benzene rings is 2. The molecule has 10 heteroatoms. The van der Waals surface area contributed by atoms with Crippen LogP contribution in [-0.2, 0) is 17.6 Å². The molecule has 0 radical (unpaired) electrons. The van der Waals surface area contributed by atoms with Gasteiger partial charge in [0, 0.05) is 39.1 Å². The summed E-state index contributed by atoms with van der Waals surface area (Å²) in [5.41, 5.74) is 2.63. The second kappa shape index (κ2) is 14.2. The second-order valence-corrected chi connectivity index (χ2v) is 9.71. The number of rotatable bonds is 13. The van der Waals surface area contributed by atoms with Crippen LogP contribution in [0.3, 0.4) is 0 Å². The number of carboxylic acid groups (broad SMARTS) is 1. The van der Waals surface area contributed by atoms with Gasteiger partial charge in [0.2, 0.25) is 5.95 Å². The summed E-state index contributed by atoms with van der Waals surface area (Å²) in [4.78, 5) is 37.5. The van der Waals surface area contributed by atoms with Gasteiger partial charge >= 0.3 is 12.1 Å². The van der Waals surface area contributed by atoms with Gasteiger partial charge in [0.05, 0.1) is 11.9 Å². The first-order valence-electron chi connectivity index (χ1n) is 13.9. The minimum Gasteiger partial charge on any atom is -0.480 e. The summed E-state index contributed by atoms with van der Waals surface area (Å²) >= 11 is 0. The molecule has 0 bridgehead atoms. The van der Waals surface area contributed by atoms with Gasteiger partial charge in [0.1, 0.15) is 11.8 Å². The zero-order valence-electron chi connectivity index (χ0n) is 23.2. The van der Waals surface area contributed by atoms with Gasteiger partial charge in [-0.3, -0.25) is 0 Å². The summed E-state index contributed by atoms with van der Waals surface area (Å²) in [6, 6.07) is 16.2. The first-order valence-corrected chi connectivity index (χ1v) is 13.9. The number of anilines is 3. The van der Waals surface area contributed by atoms with Crippen molar-refractivity contribution in [3.63, 3.8) is 0 Å². The Morgan fingerprint density at radius 2 is 1.73 bits per heavy atom. The second-order valence-electron chi connectivity index (χ2n) is 9.71. The van der Waals surface area contributed by atoms with Crippen molar-refractivity contribution in [2.45, 2.75) is 45.6 Å². The zero-order valence-corrected chi connectivity index (χ0v) is 23.2. The molecule has 1 saturated heterocycles. The fraction of sp³-hybridized carbons (Fsp3) is 0.400. The molecule has 3 N–H and O–H groups in total. The molecule has 0 spiro atoms. The SMILES string of the molecule is CCN(CC)c1ncc(NCCc2ccccc2)c(N[C@@H](Cc2ccc(OC(=O)N3CCCC3)cc2)C(=O)O)n1. The van der Waals surface area contributed by atoms with Crippen molar-refractivity contribution in [3.05, 3.63) is 71.9 Å². The number of nitrogens with one attached hydrogen (secondary N) is 2. The van der Waals surface area contributed by atoms with Crippen LogP contribution in [0.5, 0.6) is 5.75 Å². The smallest absolute Gasteiger partial charge is 0.415 e. The summed E-state index contributed by atoms with van der Waals surface area (Å²) in [5.74, 6) is 0.413. The van der Waals surface area contributed by atoms with E-state index >= 15 is 0 Å². The number of carboxylic acids is 1. The minimum absolute atomic E-state index is 0.212. The fourth-order valence-corrected chi connectivity index (χ4v) is 4.62. The van der Waals surface area contributed by atoms with E-state index in [1.807, 2.05) is 36.9 Å². The third-order valence-electron chi connectivity index (χ3n) is 6.94. The Labute approximate surface area is 235 Å². The van der Waals surface area contributed by atoms with E-state index in [2.05, 4.69) is 27.8 Å². The van der Waals surface area contributed by atoms with Gasteiger partial charge in [0.25, 0.3) is 0 Å². The molecule has 40 heavy (non-hydrogen) atoms. The number of ether oxygens (including phenoxy) is 1. The molecule has 2 aromatic carbocycles. The van der Waals surface area contributed by atoms with Crippen molar-refractivity contribution in [3.8, 4) is 5.75 Å². The number of likely N-dealkylation sites (tertiary alicyclic amines) is 1. The topological polar surface area (TPSA) is 120 Å². The Kier molecular flexibility index (Phi) is 10.1. The molecule has 1 fully saturated rings. The molecular formula is C30H38N6O4. The first kappa shape index (κ1) is 28.7. The van der Waals surface area contributed by atoms with Crippen LogP contribution >= 0.6 is 0 Å². The molecule has 10 nitrogen and oxygen atoms in total. The third kappa shape index (κ3) is 7.84. The van der Waals surface area contributed by atoms with Gasteiger partial charge in [-0.1, -0.05) is 42.5 Å². The lowest BCUT2D eigenvalue weighted by molar-refractivity contribution is -0.137. The molecule has 3 aromatic rings. The monoisotopic (exact) mass is 546 g/mol. The van der Waals surface area contributed by atoms with Crippen LogP contribution in [0.15, 0.2) is 60.8 Å². The molecule has 1 atom stereocenters. The molecule has 1 aliphatic heterocycles. The highest BCUT2D eigenvalue weighted by Crippen LogP contribution is 2.24. The first-order chi connectivity index (χ1) is 19.5. The van der Waals surface area contributed by atoms with E-state index in [1.54, 1.807) is 35.4 Å². The number of amides is 1. The van der Waals surface area contributed by atoms with Gasteiger partial charge in [-0.2, -0.15) is 4.98 Å². The molecule has 4 rings (SSSR count). The Hall–Kier alpha value is -4.34. The van der Waals surface area contributed by atoms with E-state index in [9.17, 15) is 14.7 Å². The van der Waals surface area contributed by atoms with Crippen LogP contribution in [0.2, 0.25) is 0 Å². The molecule has 2 heterocycles. The number of aliphatic carboxylic acids is 1. The molecule has 0 aliphatic carbocycles. The molecule has 0 unspecified atom stereocenters. The predicted octanol–water partition coefficient (Wildman–Crippen LogP) is 4.68. The highest BCUT2D eigenvalue weighted by atomic mass is 16.6. The minimum atomic E-state index is -0.997. The molecule has 1 aliphatic rings. The molecule has 1 aromatic heterocycles. The van der Waals surface area contributed by atoms with Crippen LogP contribution in [0.4, 0.5) is 22.2 Å². The van der Waals surface area contributed by atoms with E-state index in [4.69, 9.17) is 9.72 Å². The van der Waals surface area contributed by atoms with Crippen molar-refractivity contribution in [2.75, 3.05) is 48.3 Å². The average molecular weight is 547 g/mol. The van der Waals surface area contributed by atoms with E-state index in [1.165, 1.54) is 5.56 Å². The number of aromatic nitrogens is 2. The van der Waals surface area contributed by atoms with E-state index < -0.39 is 12.0 Å². The Bertz CT molecular complexity index is 1240. The van der Waals surface area contributed by atoms with Gasteiger partial charge in [-0.05, 0) is 56.4 Å². The quantitative estimate of drug-likeness (QED) is 0.281. The Morgan fingerprint density at radius 1 is 1.02 bits per heavy atom. The van der Waals surface area contributed by atoms with Crippen molar-refractivity contribution in [1.29, 1.82) is 0 Å². The van der Waals surface area contributed by atoms with Crippen LogP contribution < -0.4 is 20.3 Å². The predicted molar refractivity (Wildman–Crippen MR) is 156 cm³/mol. The van der Waals surface area contributed by atoms with Crippen molar-refractivity contribution >= 4 is 29.5 Å². The van der Waals surface area contributed by atoms with E-state index in [0.717, 1.165) is 37.9 Å².